The lowest BCUT2D eigenvalue weighted by atomic mass is 10.1. The Morgan fingerprint density at radius 3 is 2.82 bits per heavy atom. The summed E-state index contributed by atoms with van der Waals surface area (Å²) in [5.74, 6) is 0.485. The van der Waals surface area contributed by atoms with Gasteiger partial charge in [-0.05, 0) is 18.2 Å². The molecule has 1 atom stereocenters. The van der Waals surface area contributed by atoms with Crippen LogP contribution in [0.2, 0.25) is 0 Å². The van der Waals surface area contributed by atoms with E-state index >= 15 is 0 Å². The molecule has 0 aromatic heterocycles. The average Bonchev–Trinajstić information content (AvgIpc) is 3.28. The zero-order valence-electron chi connectivity index (χ0n) is 15.8. The predicted octanol–water partition coefficient (Wildman–Crippen LogP) is 2.35. The zero-order chi connectivity index (χ0) is 19.7. The quantitative estimate of drug-likeness (QED) is 0.823. The monoisotopic (exact) mass is 409 g/mol. The van der Waals surface area contributed by atoms with Crippen LogP contribution in [-0.2, 0) is 14.3 Å². The van der Waals surface area contributed by atoms with Gasteiger partial charge in [0.15, 0.2) is 0 Å². The van der Waals surface area contributed by atoms with Crippen molar-refractivity contribution in [1.29, 1.82) is 0 Å². The van der Waals surface area contributed by atoms with Crippen LogP contribution in [0.15, 0.2) is 18.2 Å². The van der Waals surface area contributed by atoms with Gasteiger partial charge in [-0.25, -0.2) is 9.18 Å². The van der Waals surface area contributed by atoms with Gasteiger partial charge in [0.25, 0.3) is 0 Å². The van der Waals surface area contributed by atoms with E-state index in [1.54, 1.807) is 12.1 Å². The maximum atomic E-state index is 14.8. The van der Waals surface area contributed by atoms with E-state index in [0.717, 1.165) is 38.3 Å². The second-order valence-corrected chi connectivity index (χ2v) is 8.72. The number of halogens is 1. The number of nitrogens with zero attached hydrogens (tertiary/aromatic N) is 2. The molecule has 3 aliphatic rings. The van der Waals surface area contributed by atoms with Gasteiger partial charge in [0, 0.05) is 38.6 Å². The van der Waals surface area contributed by atoms with E-state index in [-0.39, 0.29) is 29.7 Å². The normalized spacial score (nSPS) is 23.9. The summed E-state index contributed by atoms with van der Waals surface area (Å²) in [6.45, 7) is 4.21. The van der Waals surface area contributed by atoms with Crippen molar-refractivity contribution in [2.75, 3.05) is 48.3 Å². The highest BCUT2D eigenvalue weighted by Gasteiger charge is 2.40. The largest absolute Gasteiger partial charge is 0.442 e. The standard InChI is InChI=1S/C19H24FN3O4S/c1-13(24)21-11-15-12-23(18(25)27-15)14-2-3-17(16(20)10-14)22-6-4-19(5-7-22)26-8-9-28-19/h2-3,10,15H,4-9,11-12H2,1H3,(H,21,24). The zero-order valence-corrected chi connectivity index (χ0v) is 16.6. The molecule has 1 unspecified atom stereocenters. The molecule has 1 aromatic rings. The van der Waals surface area contributed by atoms with Crippen molar-refractivity contribution in [1.82, 2.24) is 5.32 Å². The van der Waals surface area contributed by atoms with Crippen LogP contribution in [0, 0.1) is 5.82 Å². The number of ether oxygens (including phenoxy) is 2. The number of carbonyl (C=O) groups is 2. The van der Waals surface area contributed by atoms with Crippen LogP contribution >= 0.6 is 11.8 Å². The molecule has 7 nitrogen and oxygen atoms in total. The molecule has 28 heavy (non-hydrogen) atoms. The topological polar surface area (TPSA) is 71.1 Å². The van der Waals surface area contributed by atoms with Crippen LogP contribution in [0.4, 0.5) is 20.6 Å². The van der Waals surface area contributed by atoms with Gasteiger partial charge in [-0.3, -0.25) is 9.69 Å². The Kier molecular flexibility index (Phi) is 5.37. The number of nitrogens with one attached hydrogen (secondary N) is 1. The fourth-order valence-electron chi connectivity index (χ4n) is 3.89. The number of anilines is 2. The first kappa shape index (κ1) is 19.3. The van der Waals surface area contributed by atoms with Crippen molar-refractivity contribution in [3.63, 3.8) is 0 Å². The van der Waals surface area contributed by atoms with Gasteiger partial charge in [0.1, 0.15) is 16.9 Å². The Bertz CT molecular complexity index is 762. The average molecular weight is 409 g/mol. The van der Waals surface area contributed by atoms with Crippen molar-refractivity contribution in [3.8, 4) is 0 Å². The van der Waals surface area contributed by atoms with E-state index in [9.17, 15) is 14.0 Å². The van der Waals surface area contributed by atoms with E-state index in [4.69, 9.17) is 9.47 Å². The van der Waals surface area contributed by atoms with Gasteiger partial charge in [-0.2, -0.15) is 0 Å². The van der Waals surface area contributed by atoms with Crippen LogP contribution in [0.1, 0.15) is 19.8 Å². The lowest BCUT2D eigenvalue weighted by Gasteiger charge is -2.39. The van der Waals surface area contributed by atoms with Gasteiger partial charge < -0.3 is 19.7 Å². The number of hydrogen-bond acceptors (Lipinski definition) is 6. The van der Waals surface area contributed by atoms with Gasteiger partial charge in [-0.15, -0.1) is 11.8 Å². The summed E-state index contributed by atoms with van der Waals surface area (Å²) in [7, 11) is 0. The van der Waals surface area contributed by atoms with Crippen molar-refractivity contribution in [3.05, 3.63) is 24.0 Å². The highest BCUT2D eigenvalue weighted by Crippen LogP contribution is 2.42. The molecule has 152 valence electrons. The summed E-state index contributed by atoms with van der Waals surface area (Å²) < 4.78 is 26.0. The molecular weight excluding hydrogens is 385 g/mol. The van der Waals surface area contributed by atoms with E-state index in [0.29, 0.717) is 11.4 Å². The molecule has 1 aromatic carbocycles. The summed E-state index contributed by atoms with van der Waals surface area (Å²) >= 11 is 1.87. The molecule has 3 heterocycles. The summed E-state index contributed by atoms with van der Waals surface area (Å²) in [6, 6.07) is 4.84. The third kappa shape index (κ3) is 3.91. The third-order valence-electron chi connectivity index (χ3n) is 5.38. The van der Waals surface area contributed by atoms with Gasteiger partial charge in [0.05, 0.1) is 31.1 Å². The van der Waals surface area contributed by atoms with Crippen molar-refractivity contribution in [2.24, 2.45) is 0 Å². The maximum Gasteiger partial charge on any atom is 0.414 e. The predicted molar refractivity (Wildman–Crippen MR) is 105 cm³/mol. The number of rotatable bonds is 4. The molecule has 1 N–H and O–H groups in total. The van der Waals surface area contributed by atoms with E-state index in [1.807, 2.05) is 16.7 Å². The molecule has 0 bridgehead atoms. The molecule has 0 saturated carbocycles. The van der Waals surface area contributed by atoms with Crippen LogP contribution < -0.4 is 15.1 Å². The Morgan fingerprint density at radius 2 is 2.18 bits per heavy atom. The Balaban J connectivity index is 1.41. The number of thioether (sulfide) groups is 1. The number of amides is 2. The summed E-state index contributed by atoms with van der Waals surface area (Å²) in [4.78, 5) is 26.5. The lowest BCUT2D eigenvalue weighted by molar-refractivity contribution is -0.119. The van der Waals surface area contributed by atoms with Gasteiger partial charge >= 0.3 is 6.09 Å². The SMILES string of the molecule is CC(=O)NCC1CN(c2ccc(N3CCC4(CC3)OCCS4)c(F)c2)C(=O)O1. The van der Waals surface area contributed by atoms with Crippen molar-refractivity contribution in [2.45, 2.75) is 30.8 Å². The summed E-state index contributed by atoms with van der Waals surface area (Å²) in [5, 5.41) is 2.63. The molecule has 0 aliphatic carbocycles. The highest BCUT2D eigenvalue weighted by atomic mass is 32.2. The minimum atomic E-state index is -0.530. The van der Waals surface area contributed by atoms with Crippen LogP contribution in [-0.4, -0.2) is 61.6 Å². The number of piperidine rings is 1. The molecule has 9 heteroatoms. The molecule has 1 spiro atoms. The minimum absolute atomic E-state index is 0.0881. The Labute approximate surface area is 167 Å². The van der Waals surface area contributed by atoms with Gasteiger partial charge in [-0.1, -0.05) is 0 Å². The molecular formula is C19H24FN3O4S. The lowest BCUT2D eigenvalue weighted by Crippen LogP contribution is -2.42. The number of carbonyl (C=O) groups excluding carboxylic acids is 2. The molecule has 3 aliphatic heterocycles. The first-order valence-corrected chi connectivity index (χ1v) is 10.5. The molecule has 3 fully saturated rings. The summed E-state index contributed by atoms with van der Waals surface area (Å²) in [6.07, 6.45) is 0.781. The minimum Gasteiger partial charge on any atom is -0.442 e. The maximum absolute atomic E-state index is 14.8. The fourth-order valence-corrected chi connectivity index (χ4v) is 5.07. The number of hydrogen-bond donors (Lipinski definition) is 1. The molecule has 4 rings (SSSR count). The molecule has 0 radical (unpaired) electrons. The number of cyclic esters (lactones) is 1. The second kappa shape index (κ2) is 7.79. The highest BCUT2D eigenvalue weighted by molar-refractivity contribution is 8.00. The fraction of sp³-hybridized carbons (Fsp3) is 0.579. The summed E-state index contributed by atoms with van der Waals surface area (Å²) in [5.41, 5.74) is 1.00. The van der Waals surface area contributed by atoms with Crippen LogP contribution in [0.5, 0.6) is 0 Å². The molecule has 2 amide bonds. The van der Waals surface area contributed by atoms with Gasteiger partial charge in [0.2, 0.25) is 5.91 Å². The second-order valence-electron chi connectivity index (χ2n) is 7.28. The van der Waals surface area contributed by atoms with Crippen LogP contribution in [0.3, 0.4) is 0 Å². The number of benzene rings is 1. The van der Waals surface area contributed by atoms with E-state index in [1.165, 1.54) is 17.9 Å². The molecule has 3 saturated heterocycles. The first-order chi connectivity index (χ1) is 13.5. The van der Waals surface area contributed by atoms with E-state index in [2.05, 4.69) is 5.32 Å². The third-order valence-corrected chi connectivity index (χ3v) is 6.80. The first-order valence-electron chi connectivity index (χ1n) is 9.51. The van der Waals surface area contributed by atoms with Crippen molar-refractivity contribution >= 4 is 35.1 Å². The Morgan fingerprint density at radius 1 is 1.39 bits per heavy atom. The van der Waals surface area contributed by atoms with Crippen molar-refractivity contribution < 1.29 is 23.5 Å². The Hall–Kier alpha value is -2.00. The van der Waals surface area contributed by atoms with E-state index < -0.39 is 12.2 Å². The van der Waals surface area contributed by atoms with Crippen LogP contribution in [0.25, 0.3) is 0 Å². The smallest absolute Gasteiger partial charge is 0.414 e.